The zero-order valence-electron chi connectivity index (χ0n) is 11.9. The first kappa shape index (κ1) is 13.6. The summed E-state index contributed by atoms with van der Waals surface area (Å²) in [6.45, 7) is 9.44. The summed E-state index contributed by atoms with van der Waals surface area (Å²) in [5.74, 6) is -0.404. The summed E-state index contributed by atoms with van der Waals surface area (Å²) in [6.07, 6.45) is 2.00. The summed E-state index contributed by atoms with van der Waals surface area (Å²) in [6, 6.07) is 10.6. The van der Waals surface area contributed by atoms with Crippen LogP contribution in [0.4, 0.5) is 0 Å². The van der Waals surface area contributed by atoms with Crippen LogP contribution in [-0.4, -0.2) is 18.5 Å². The Hall–Kier alpha value is -0.860. The Morgan fingerprint density at radius 2 is 1.94 bits per heavy atom. The number of hydrogen-bond donors (Lipinski definition) is 0. The predicted octanol–water partition coefficient (Wildman–Crippen LogP) is 3.90. The Morgan fingerprint density at radius 3 is 2.44 bits per heavy atom. The average Bonchev–Trinajstić information content (AvgIpc) is 2.72. The molecule has 0 spiro atoms. The van der Waals surface area contributed by atoms with Crippen molar-refractivity contribution in [3.8, 4) is 0 Å². The number of rotatable bonds is 4. The van der Waals surface area contributed by atoms with E-state index < -0.39 is 5.79 Å². The summed E-state index contributed by atoms with van der Waals surface area (Å²) < 4.78 is 12.0. The third-order valence-corrected chi connectivity index (χ3v) is 3.80. The highest BCUT2D eigenvalue weighted by molar-refractivity contribution is 5.24. The molecule has 0 unspecified atom stereocenters. The molecule has 2 rings (SSSR count). The van der Waals surface area contributed by atoms with E-state index in [0.29, 0.717) is 6.61 Å². The van der Waals surface area contributed by atoms with Gasteiger partial charge in [0.15, 0.2) is 5.79 Å². The van der Waals surface area contributed by atoms with Gasteiger partial charge in [-0.3, -0.25) is 0 Å². The smallest absolute Gasteiger partial charge is 0.169 e. The molecule has 0 aromatic heterocycles. The van der Waals surface area contributed by atoms with Crippen molar-refractivity contribution < 1.29 is 9.47 Å². The maximum absolute atomic E-state index is 6.03. The molecule has 18 heavy (non-hydrogen) atoms. The summed E-state index contributed by atoms with van der Waals surface area (Å²) in [5.41, 5.74) is 1.39. The largest absolute Gasteiger partial charge is 0.347 e. The summed E-state index contributed by atoms with van der Waals surface area (Å²) in [7, 11) is 0. The standard InChI is InChI=1S/C16H24O2/c1-5-16(17-11-13(2)18-16)12-15(3,4)14-9-7-6-8-10-14/h6-10,13H,5,11-12H2,1-4H3/t13-,16-/m1/s1. The topological polar surface area (TPSA) is 18.5 Å². The molecule has 1 fully saturated rings. The van der Waals surface area contributed by atoms with Gasteiger partial charge in [-0.05, 0) is 24.3 Å². The van der Waals surface area contributed by atoms with E-state index in [-0.39, 0.29) is 11.5 Å². The van der Waals surface area contributed by atoms with Crippen molar-refractivity contribution in [2.45, 2.75) is 57.8 Å². The van der Waals surface area contributed by atoms with Crippen LogP contribution in [0.25, 0.3) is 0 Å². The minimum atomic E-state index is -0.404. The SMILES string of the molecule is CC[C@@]1(CC(C)(C)c2ccccc2)OC[C@@H](C)O1. The van der Waals surface area contributed by atoms with Crippen LogP contribution in [0.3, 0.4) is 0 Å². The predicted molar refractivity (Wildman–Crippen MR) is 73.6 cm³/mol. The van der Waals surface area contributed by atoms with Gasteiger partial charge in [0.1, 0.15) is 0 Å². The molecule has 100 valence electrons. The van der Waals surface area contributed by atoms with E-state index >= 15 is 0 Å². The van der Waals surface area contributed by atoms with Crippen molar-refractivity contribution in [2.24, 2.45) is 0 Å². The highest BCUT2D eigenvalue weighted by Crippen LogP contribution is 2.39. The summed E-state index contributed by atoms with van der Waals surface area (Å²) in [4.78, 5) is 0. The molecule has 2 heteroatoms. The zero-order valence-corrected chi connectivity index (χ0v) is 11.9. The molecule has 1 aromatic carbocycles. The molecule has 1 heterocycles. The van der Waals surface area contributed by atoms with E-state index in [9.17, 15) is 0 Å². The lowest BCUT2D eigenvalue weighted by Crippen LogP contribution is -2.37. The van der Waals surface area contributed by atoms with E-state index in [4.69, 9.17) is 9.47 Å². The van der Waals surface area contributed by atoms with Gasteiger partial charge in [-0.25, -0.2) is 0 Å². The average molecular weight is 248 g/mol. The molecule has 0 radical (unpaired) electrons. The monoisotopic (exact) mass is 248 g/mol. The van der Waals surface area contributed by atoms with Crippen molar-refractivity contribution in [1.29, 1.82) is 0 Å². The molecule has 0 N–H and O–H groups in total. The minimum absolute atomic E-state index is 0.0569. The van der Waals surface area contributed by atoms with Crippen LogP contribution in [-0.2, 0) is 14.9 Å². The fraction of sp³-hybridized carbons (Fsp3) is 0.625. The van der Waals surface area contributed by atoms with Crippen LogP contribution in [0.2, 0.25) is 0 Å². The minimum Gasteiger partial charge on any atom is -0.347 e. The zero-order chi connectivity index (χ0) is 13.2. The summed E-state index contributed by atoms with van der Waals surface area (Å²) >= 11 is 0. The molecule has 0 amide bonds. The van der Waals surface area contributed by atoms with Crippen molar-refractivity contribution in [2.75, 3.05) is 6.61 Å². The first-order valence-electron chi connectivity index (χ1n) is 6.85. The lowest BCUT2D eigenvalue weighted by molar-refractivity contribution is -0.181. The van der Waals surface area contributed by atoms with Crippen LogP contribution in [0.1, 0.15) is 46.1 Å². The van der Waals surface area contributed by atoms with Gasteiger partial charge < -0.3 is 9.47 Å². The Kier molecular flexibility index (Phi) is 3.79. The Labute approximate surface area is 110 Å². The Bertz CT molecular complexity index is 385. The van der Waals surface area contributed by atoms with Gasteiger partial charge >= 0.3 is 0 Å². The number of hydrogen-bond acceptors (Lipinski definition) is 2. The van der Waals surface area contributed by atoms with Crippen molar-refractivity contribution >= 4 is 0 Å². The normalized spacial score (nSPS) is 28.6. The molecule has 2 nitrogen and oxygen atoms in total. The molecule has 1 saturated heterocycles. The van der Waals surface area contributed by atoms with Gasteiger partial charge in [0.05, 0.1) is 12.7 Å². The molecule has 1 aliphatic heterocycles. The molecule has 0 bridgehead atoms. The molecule has 2 atom stereocenters. The van der Waals surface area contributed by atoms with Crippen molar-refractivity contribution in [3.63, 3.8) is 0 Å². The number of ether oxygens (including phenoxy) is 2. The fourth-order valence-electron chi connectivity index (χ4n) is 2.77. The van der Waals surface area contributed by atoms with Crippen LogP contribution in [0.5, 0.6) is 0 Å². The van der Waals surface area contributed by atoms with E-state index in [1.807, 2.05) is 0 Å². The van der Waals surface area contributed by atoms with Gasteiger partial charge in [-0.15, -0.1) is 0 Å². The second-order valence-corrected chi connectivity index (χ2v) is 5.93. The maximum Gasteiger partial charge on any atom is 0.169 e. The van der Waals surface area contributed by atoms with Gasteiger partial charge in [0, 0.05) is 6.42 Å². The second kappa shape index (κ2) is 5.02. The fourth-order valence-corrected chi connectivity index (χ4v) is 2.77. The van der Waals surface area contributed by atoms with E-state index in [0.717, 1.165) is 12.8 Å². The van der Waals surface area contributed by atoms with E-state index in [1.54, 1.807) is 0 Å². The third kappa shape index (κ3) is 2.76. The molecular weight excluding hydrogens is 224 g/mol. The lowest BCUT2D eigenvalue weighted by atomic mass is 9.78. The highest BCUT2D eigenvalue weighted by Gasteiger charge is 2.43. The maximum atomic E-state index is 6.03. The van der Waals surface area contributed by atoms with E-state index in [1.165, 1.54) is 5.56 Å². The second-order valence-electron chi connectivity index (χ2n) is 5.93. The first-order chi connectivity index (χ1) is 8.47. The Balaban J connectivity index is 2.17. The Morgan fingerprint density at radius 1 is 1.28 bits per heavy atom. The molecule has 0 aliphatic carbocycles. The van der Waals surface area contributed by atoms with Crippen LogP contribution in [0, 0.1) is 0 Å². The third-order valence-electron chi connectivity index (χ3n) is 3.80. The van der Waals surface area contributed by atoms with Gasteiger partial charge in [-0.2, -0.15) is 0 Å². The highest BCUT2D eigenvalue weighted by atomic mass is 16.7. The molecular formula is C16H24O2. The van der Waals surface area contributed by atoms with Crippen LogP contribution >= 0.6 is 0 Å². The molecule has 0 saturated carbocycles. The van der Waals surface area contributed by atoms with E-state index in [2.05, 4.69) is 58.0 Å². The van der Waals surface area contributed by atoms with Crippen LogP contribution < -0.4 is 0 Å². The van der Waals surface area contributed by atoms with Gasteiger partial charge in [0.25, 0.3) is 0 Å². The first-order valence-corrected chi connectivity index (χ1v) is 6.85. The van der Waals surface area contributed by atoms with Crippen LogP contribution in [0.15, 0.2) is 30.3 Å². The number of benzene rings is 1. The van der Waals surface area contributed by atoms with Gasteiger partial charge in [-0.1, -0.05) is 51.1 Å². The van der Waals surface area contributed by atoms with Crippen molar-refractivity contribution in [3.05, 3.63) is 35.9 Å². The van der Waals surface area contributed by atoms with Crippen molar-refractivity contribution in [1.82, 2.24) is 0 Å². The molecule has 1 aliphatic rings. The quantitative estimate of drug-likeness (QED) is 0.804. The molecule has 1 aromatic rings. The van der Waals surface area contributed by atoms with Gasteiger partial charge in [0.2, 0.25) is 0 Å². The lowest BCUT2D eigenvalue weighted by Gasteiger charge is -2.36. The summed E-state index contributed by atoms with van der Waals surface area (Å²) in [5, 5.41) is 0.